The van der Waals surface area contributed by atoms with Gasteiger partial charge in [-0.25, -0.2) is 0 Å². The Balaban J connectivity index is 1.33. The van der Waals surface area contributed by atoms with E-state index in [9.17, 15) is 0 Å². The minimum atomic E-state index is 0.218. The Morgan fingerprint density at radius 2 is 1.68 bits per heavy atom. The van der Waals surface area contributed by atoms with E-state index >= 15 is 0 Å². The fourth-order valence-corrected chi connectivity index (χ4v) is 3.65. The van der Waals surface area contributed by atoms with Crippen molar-refractivity contribution in [2.24, 2.45) is 0 Å². The van der Waals surface area contributed by atoms with Crippen molar-refractivity contribution in [3.8, 4) is 11.5 Å². The molecule has 3 aromatic carbocycles. The number of hydroxylamine groups is 1. The zero-order valence-electron chi connectivity index (χ0n) is 19.3. The van der Waals surface area contributed by atoms with Gasteiger partial charge >= 0.3 is 0 Å². The van der Waals surface area contributed by atoms with Gasteiger partial charge in [-0.2, -0.15) is 0 Å². The van der Waals surface area contributed by atoms with Crippen LogP contribution in [0.25, 0.3) is 5.70 Å². The monoisotopic (exact) mass is 456 g/mol. The molecule has 0 saturated heterocycles. The molecule has 0 aliphatic heterocycles. The second kappa shape index (κ2) is 11.7. The van der Waals surface area contributed by atoms with E-state index in [4.69, 9.17) is 18.8 Å². The molecule has 34 heavy (non-hydrogen) atoms. The van der Waals surface area contributed by atoms with Gasteiger partial charge in [0.25, 0.3) is 0 Å². The van der Waals surface area contributed by atoms with Crippen molar-refractivity contribution in [1.29, 1.82) is 0 Å². The van der Waals surface area contributed by atoms with Crippen LogP contribution >= 0.6 is 0 Å². The van der Waals surface area contributed by atoms with Crippen LogP contribution in [0.1, 0.15) is 41.6 Å². The lowest BCUT2D eigenvalue weighted by atomic mass is 9.93. The summed E-state index contributed by atoms with van der Waals surface area (Å²) in [5, 5.41) is 4.09. The number of nitrogens with zero attached hydrogens (tertiary/aromatic N) is 1. The third-order valence-corrected chi connectivity index (χ3v) is 5.44. The molecule has 1 atom stereocenters. The lowest BCUT2D eigenvalue weighted by molar-refractivity contribution is 0.135. The summed E-state index contributed by atoms with van der Waals surface area (Å²) in [4.78, 5) is 5.06. The van der Waals surface area contributed by atoms with Crippen LogP contribution in [0.3, 0.4) is 0 Å². The molecule has 1 heterocycles. The third kappa shape index (κ3) is 6.05. The SMILES string of the molecule is CCC(c1ccc(OCc2ccc(OC=C(NOC)c3ccccc3)cc2)cc1)c1ccon1. The van der Waals surface area contributed by atoms with E-state index in [-0.39, 0.29) is 5.92 Å². The maximum absolute atomic E-state index is 5.97. The number of rotatable bonds is 11. The van der Waals surface area contributed by atoms with Crippen LogP contribution in [-0.2, 0) is 11.4 Å². The molecule has 0 bridgehead atoms. The highest BCUT2D eigenvalue weighted by Crippen LogP contribution is 2.28. The molecule has 0 spiro atoms. The van der Waals surface area contributed by atoms with Crippen molar-refractivity contribution in [1.82, 2.24) is 10.6 Å². The van der Waals surface area contributed by atoms with Crippen LogP contribution in [0.4, 0.5) is 0 Å². The Bertz CT molecular complexity index is 1160. The van der Waals surface area contributed by atoms with Gasteiger partial charge in [-0.05, 0) is 41.8 Å². The molecule has 1 aromatic heterocycles. The van der Waals surface area contributed by atoms with Gasteiger partial charge < -0.3 is 14.0 Å². The molecular weight excluding hydrogens is 428 g/mol. The smallest absolute Gasteiger partial charge is 0.126 e. The molecule has 0 fully saturated rings. The molecule has 0 aliphatic rings. The average molecular weight is 457 g/mol. The lowest BCUT2D eigenvalue weighted by Crippen LogP contribution is -2.11. The summed E-state index contributed by atoms with van der Waals surface area (Å²) < 4.78 is 16.8. The van der Waals surface area contributed by atoms with Gasteiger partial charge in [0.1, 0.15) is 36.3 Å². The van der Waals surface area contributed by atoms with Crippen LogP contribution < -0.4 is 15.0 Å². The number of aromatic nitrogens is 1. The summed E-state index contributed by atoms with van der Waals surface area (Å²) in [7, 11) is 1.57. The predicted molar refractivity (Wildman–Crippen MR) is 131 cm³/mol. The Kier molecular flexibility index (Phi) is 7.98. The van der Waals surface area contributed by atoms with Gasteiger partial charge in [-0.15, -0.1) is 0 Å². The van der Waals surface area contributed by atoms with Crippen molar-refractivity contribution >= 4 is 5.70 Å². The zero-order valence-corrected chi connectivity index (χ0v) is 19.3. The van der Waals surface area contributed by atoms with Crippen molar-refractivity contribution in [3.05, 3.63) is 120 Å². The molecule has 6 nitrogen and oxygen atoms in total. The molecule has 0 amide bonds. The maximum atomic E-state index is 5.97. The van der Waals surface area contributed by atoms with Crippen molar-refractivity contribution in [3.63, 3.8) is 0 Å². The minimum Gasteiger partial charge on any atom is -0.489 e. The van der Waals surface area contributed by atoms with Gasteiger partial charge in [-0.1, -0.05) is 66.7 Å². The number of hydrogen-bond acceptors (Lipinski definition) is 6. The van der Waals surface area contributed by atoms with E-state index in [2.05, 4.69) is 29.7 Å². The fourth-order valence-electron chi connectivity index (χ4n) is 3.65. The van der Waals surface area contributed by atoms with Crippen LogP contribution in [0.5, 0.6) is 11.5 Å². The normalized spacial score (nSPS) is 12.2. The average Bonchev–Trinajstić information content (AvgIpc) is 3.42. The standard InChI is InChI=1S/C28H28N2O4/c1-3-26(27-17-18-34-30-27)22-11-15-25(16-12-22)32-19-21-9-13-24(14-10-21)33-20-28(29-31-2)23-7-5-4-6-8-23/h4-18,20,26,29H,3,19H2,1-2H3. The second-order valence-electron chi connectivity index (χ2n) is 7.71. The van der Waals surface area contributed by atoms with Crippen LogP contribution in [0, 0.1) is 0 Å². The summed E-state index contributed by atoms with van der Waals surface area (Å²) in [5.74, 6) is 1.76. The lowest BCUT2D eigenvalue weighted by Gasteiger charge is -2.13. The Morgan fingerprint density at radius 1 is 0.941 bits per heavy atom. The van der Waals surface area contributed by atoms with E-state index in [0.717, 1.165) is 40.4 Å². The highest BCUT2D eigenvalue weighted by atomic mass is 16.6. The molecule has 174 valence electrons. The van der Waals surface area contributed by atoms with E-state index < -0.39 is 0 Å². The van der Waals surface area contributed by atoms with Crippen molar-refractivity contribution < 1.29 is 18.8 Å². The largest absolute Gasteiger partial charge is 0.489 e. The number of nitrogens with one attached hydrogen (secondary N) is 1. The van der Waals surface area contributed by atoms with E-state index in [1.807, 2.05) is 72.8 Å². The zero-order chi connectivity index (χ0) is 23.6. The Labute approximate surface area is 199 Å². The van der Waals surface area contributed by atoms with E-state index in [1.54, 1.807) is 19.6 Å². The van der Waals surface area contributed by atoms with Crippen LogP contribution in [0.15, 0.2) is 102 Å². The summed E-state index contributed by atoms with van der Waals surface area (Å²) >= 11 is 0. The Morgan fingerprint density at radius 3 is 2.32 bits per heavy atom. The van der Waals surface area contributed by atoms with Gasteiger partial charge in [0.2, 0.25) is 0 Å². The van der Waals surface area contributed by atoms with Crippen molar-refractivity contribution in [2.75, 3.05) is 7.11 Å². The van der Waals surface area contributed by atoms with Crippen LogP contribution in [-0.4, -0.2) is 12.3 Å². The maximum Gasteiger partial charge on any atom is 0.126 e. The molecule has 0 aliphatic carbocycles. The molecule has 4 rings (SSSR count). The topological polar surface area (TPSA) is 65.8 Å². The summed E-state index contributed by atoms with van der Waals surface area (Å²) in [6.45, 7) is 2.61. The highest BCUT2D eigenvalue weighted by molar-refractivity contribution is 5.62. The quantitative estimate of drug-likeness (QED) is 0.210. The van der Waals surface area contributed by atoms with Crippen molar-refractivity contribution in [2.45, 2.75) is 25.9 Å². The first-order valence-electron chi connectivity index (χ1n) is 11.2. The summed E-state index contributed by atoms with van der Waals surface area (Å²) in [6, 6.07) is 27.7. The predicted octanol–water partition coefficient (Wildman–Crippen LogP) is 6.32. The fraction of sp³-hybridized carbons (Fsp3) is 0.179. The van der Waals surface area contributed by atoms with Gasteiger partial charge in [-0.3, -0.25) is 10.3 Å². The number of ether oxygens (including phenoxy) is 2. The number of benzene rings is 3. The third-order valence-electron chi connectivity index (χ3n) is 5.44. The first kappa shape index (κ1) is 23.1. The molecule has 1 N–H and O–H groups in total. The first-order valence-corrected chi connectivity index (χ1v) is 11.2. The van der Waals surface area contributed by atoms with Crippen LogP contribution in [0.2, 0.25) is 0 Å². The first-order chi connectivity index (χ1) is 16.8. The molecule has 4 aromatic rings. The van der Waals surface area contributed by atoms with E-state index in [0.29, 0.717) is 6.61 Å². The summed E-state index contributed by atoms with van der Waals surface area (Å²) in [5.41, 5.74) is 7.73. The minimum absolute atomic E-state index is 0.218. The molecule has 6 heteroatoms. The number of hydrogen-bond donors (Lipinski definition) is 1. The molecule has 0 radical (unpaired) electrons. The Hall–Kier alpha value is -4.03. The molecule has 0 saturated carbocycles. The van der Waals surface area contributed by atoms with Gasteiger partial charge in [0.15, 0.2) is 0 Å². The van der Waals surface area contributed by atoms with Gasteiger partial charge in [0.05, 0.1) is 12.8 Å². The highest BCUT2D eigenvalue weighted by Gasteiger charge is 2.15. The van der Waals surface area contributed by atoms with E-state index in [1.165, 1.54) is 5.56 Å². The molecule has 1 unspecified atom stereocenters. The molecular formula is C28H28N2O4. The summed E-state index contributed by atoms with van der Waals surface area (Å²) in [6.07, 6.45) is 4.19. The second-order valence-corrected chi connectivity index (χ2v) is 7.71. The van der Waals surface area contributed by atoms with Gasteiger partial charge in [0, 0.05) is 17.5 Å².